The highest BCUT2D eigenvalue weighted by atomic mass is 19.4. The zero-order chi connectivity index (χ0) is 20.9. The summed E-state index contributed by atoms with van der Waals surface area (Å²) in [5, 5.41) is 0. The predicted octanol–water partition coefficient (Wildman–Crippen LogP) is 5.39. The van der Waals surface area contributed by atoms with E-state index in [2.05, 4.69) is 0 Å². The Morgan fingerprint density at radius 3 is 2.18 bits per heavy atom. The summed E-state index contributed by atoms with van der Waals surface area (Å²) >= 11 is 0. The summed E-state index contributed by atoms with van der Waals surface area (Å²) in [5.41, 5.74) is -0.998. The second kappa shape index (κ2) is 8.64. The monoisotopic (exact) mass is 406 g/mol. The topological polar surface area (TPSA) is 35.5 Å². The van der Waals surface area contributed by atoms with Crippen LogP contribution >= 0.6 is 0 Å². The SMILES string of the molecule is CC(C(OCc1cccc(C(F)(F)F)c1)C(=O)Oc1ccccc1)C(F)(F)F. The molecule has 2 unspecified atom stereocenters. The number of carbonyl (C=O) groups is 1. The Morgan fingerprint density at radius 2 is 1.61 bits per heavy atom. The van der Waals surface area contributed by atoms with Gasteiger partial charge in [0.1, 0.15) is 5.75 Å². The van der Waals surface area contributed by atoms with E-state index in [1.54, 1.807) is 6.07 Å². The molecule has 0 aliphatic heterocycles. The van der Waals surface area contributed by atoms with Gasteiger partial charge in [0.15, 0.2) is 6.10 Å². The van der Waals surface area contributed by atoms with E-state index in [0.29, 0.717) is 0 Å². The van der Waals surface area contributed by atoms with Crippen molar-refractivity contribution in [1.29, 1.82) is 0 Å². The molecule has 152 valence electrons. The molecule has 2 aromatic carbocycles. The van der Waals surface area contributed by atoms with Crippen LogP contribution < -0.4 is 4.74 Å². The van der Waals surface area contributed by atoms with Crippen LogP contribution in [0.4, 0.5) is 26.3 Å². The van der Waals surface area contributed by atoms with Crippen molar-refractivity contribution in [2.75, 3.05) is 0 Å². The number of hydrogen-bond acceptors (Lipinski definition) is 3. The molecule has 0 aromatic heterocycles. The van der Waals surface area contributed by atoms with Crippen molar-refractivity contribution in [3.05, 3.63) is 65.7 Å². The molecule has 0 heterocycles. The van der Waals surface area contributed by atoms with Crippen LogP contribution in [0.5, 0.6) is 5.75 Å². The van der Waals surface area contributed by atoms with Gasteiger partial charge in [0.25, 0.3) is 0 Å². The Hall–Kier alpha value is -2.55. The van der Waals surface area contributed by atoms with Crippen LogP contribution in [0.2, 0.25) is 0 Å². The van der Waals surface area contributed by atoms with Crippen LogP contribution in [0.15, 0.2) is 54.6 Å². The van der Waals surface area contributed by atoms with Crippen LogP contribution in [0.1, 0.15) is 18.1 Å². The number of para-hydroxylation sites is 1. The molecule has 3 nitrogen and oxygen atoms in total. The van der Waals surface area contributed by atoms with Crippen LogP contribution in [0.25, 0.3) is 0 Å². The summed E-state index contributed by atoms with van der Waals surface area (Å²) in [6.45, 7) is 0.113. The first-order valence-electron chi connectivity index (χ1n) is 8.09. The van der Waals surface area contributed by atoms with Crippen molar-refractivity contribution >= 4 is 5.97 Å². The molecule has 0 fully saturated rings. The van der Waals surface area contributed by atoms with E-state index in [1.807, 2.05) is 0 Å². The number of esters is 1. The minimum atomic E-state index is -4.77. The Bertz CT molecular complexity index is 786. The lowest BCUT2D eigenvalue weighted by Crippen LogP contribution is -2.41. The quantitative estimate of drug-likeness (QED) is 0.366. The Kier molecular flexibility index (Phi) is 6.71. The maximum absolute atomic E-state index is 13.1. The second-order valence-corrected chi connectivity index (χ2v) is 5.99. The Labute approximate surface area is 156 Å². The summed E-state index contributed by atoms with van der Waals surface area (Å²) in [6, 6.07) is 11.3. The van der Waals surface area contributed by atoms with Gasteiger partial charge in [-0.25, -0.2) is 4.79 Å². The van der Waals surface area contributed by atoms with Crippen LogP contribution in [0, 0.1) is 5.92 Å². The normalized spacial score (nSPS) is 14.4. The predicted molar refractivity (Wildman–Crippen MR) is 87.3 cm³/mol. The largest absolute Gasteiger partial charge is 0.425 e. The highest BCUT2D eigenvalue weighted by molar-refractivity contribution is 5.77. The van der Waals surface area contributed by atoms with E-state index < -0.39 is 42.5 Å². The number of ether oxygens (including phenoxy) is 2. The van der Waals surface area contributed by atoms with Crippen molar-refractivity contribution < 1.29 is 40.6 Å². The number of alkyl halides is 6. The summed E-state index contributed by atoms with van der Waals surface area (Å²) in [5.74, 6) is -3.49. The molecule has 2 rings (SSSR count). The molecule has 0 amide bonds. The molecular weight excluding hydrogens is 390 g/mol. The number of hydrogen-bond donors (Lipinski definition) is 0. The Morgan fingerprint density at radius 1 is 0.964 bits per heavy atom. The maximum atomic E-state index is 13.1. The zero-order valence-electron chi connectivity index (χ0n) is 14.6. The molecule has 0 bridgehead atoms. The fourth-order valence-electron chi connectivity index (χ4n) is 2.27. The average molecular weight is 406 g/mol. The molecule has 0 aliphatic rings. The minimum Gasteiger partial charge on any atom is -0.425 e. The van der Waals surface area contributed by atoms with Gasteiger partial charge in [-0.15, -0.1) is 0 Å². The minimum absolute atomic E-state index is 0.0227. The lowest BCUT2D eigenvalue weighted by Gasteiger charge is -2.24. The van der Waals surface area contributed by atoms with Gasteiger partial charge in [0, 0.05) is 0 Å². The van der Waals surface area contributed by atoms with Gasteiger partial charge in [-0.3, -0.25) is 0 Å². The number of rotatable bonds is 6. The summed E-state index contributed by atoms with van der Waals surface area (Å²) in [6.07, 6.45) is -11.4. The molecule has 0 aliphatic carbocycles. The van der Waals surface area contributed by atoms with Crippen molar-refractivity contribution in [1.82, 2.24) is 0 Å². The first kappa shape index (κ1) is 21.7. The van der Waals surface area contributed by atoms with Crippen LogP contribution in [-0.4, -0.2) is 18.2 Å². The number of benzene rings is 2. The van der Waals surface area contributed by atoms with Crippen molar-refractivity contribution in [3.63, 3.8) is 0 Å². The molecule has 0 saturated carbocycles. The first-order valence-corrected chi connectivity index (χ1v) is 8.09. The van der Waals surface area contributed by atoms with E-state index in [0.717, 1.165) is 25.1 Å². The van der Waals surface area contributed by atoms with Crippen LogP contribution in [-0.2, 0) is 22.3 Å². The third kappa shape index (κ3) is 5.98. The zero-order valence-corrected chi connectivity index (χ0v) is 14.6. The van der Waals surface area contributed by atoms with Crippen LogP contribution in [0.3, 0.4) is 0 Å². The van der Waals surface area contributed by atoms with E-state index in [1.165, 1.54) is 30.3 Å². The number of carbonyl (C=O) groups excluding carboxylic acids is 1. The second-order valence-electron chi connectivity index (χ2n) is 5.99. The van der Waals surface area contributed by atoms with E-state index >= 15 is 0 Å². The molecule has 28 heavy (non-hydrogen) atoms. The van der Waals surface area contributed by atoms with E-state index in [-0.39, 0.29) is 11.3 Å². The van der Waals surface area contributed by atoms with Gasteiger partial charge in [0.05, 0.1) is 18.1 Å². The molecule has 0 radical (unpaired) electrons. The standard InChI is InChI=1S/C19H16F6O3/c1-12(18(20,21)22)16(17(26)28-15-8-3-2-4-9-15)27-11-13-6-5-7-14(10-13)19(23,24)25/h2-10,12,16H,11H2,1H3. The highest BCUT2D eigenvalue weighted by Crippen LogP contribution is 2.32. The third-order valence-electron chi connectivity index (χ3n) is 3.85. The lowest BCUT2D eigenvalue weighted by atomic mass is 10.0. The van der Waals surface area contributed by atoms with Crippen molar-refractivity contribution in [3.8, 4) is 5.75 Å². The van der Waals surface area contributed by atoms with Gasteiger partial charge >= 0.3 is 18.3 Å². The molecule has 2 aromatic rings. The van der Waals surface area contributed by atoms with Crippen molar-refractivity contribution in [2.45, 2.75) is 32.0 Å². The molecule has 9 heteroatoms. The average Bonchev–Trinajstić information content (AvgIpc) is 2.61. The molecule has 0 spiro atoms. The lowest BCUT2D eigenvalue weighted by molar-refractivity contribution is -0.210. The maximum Gasteiger partial charge on any atom is 0.416 e. The smallest absolute Gasteiger partial charge is 0.416 e. The molecular formula is C19H16F6O3. The van der Waals surface area contributed by atoms with Gasteiger partial charge in [-0.1, -0.05) is 37.3 Å². The van der Waals surface area contributed by atoms with Crippen molar-refractivity contribution in [2.24, 2.45) is 5.92 Å². The summed E-state index contributed by atoms with van der Waals surface area (Å²) in [4.78, 5) is 12.2. The first-order chi connectivity index (χ1) is 13.0. The van der Waals surface area contributed by atoms with Gasteiger partial charge in [0.2, 0.25) is 0 Å². The molecule has 2 atom stereocenters. The molecule has 0 N–H and O–H groups in total. The Balaban J connectivity index is 2.17. The van der Waals surface area contributed by atoms with E-state index in [9.17, 15) is 31.1 Å². The summed E-state index contributed by atoms with van der Waals surface area (Å²) in [7, 11) is 0. The van der Waals surface area contributed by atoms with Gasteiger partial charge in [-0.05, 0) is 29.8 Å². The fourth-order valence-corrected chi connectivity index (χ4v) is 2.27. The molecule has 0 saturated heterocycles. The number of halogens is 6. The van der Waals surface area contributed by atoms with Gasteiger partial charge in [-0.2, -0.15) is 26.3 Å². The van der Waals surface area contributed by atoms with Gasteiger partial charge < -0.3 is 9.47 Å². The van der Waals surface area contributed by atoms with E-state index in [4.69, 9.17) is 9.47 Å². The highest BCUT2D eigenvalue weighted by Gasteiger charge is 2.46. The summed E-state index contributed by atoms with van der Waals surface area (Å²) < 4.78 is 87.6. The third-order valence-corrected chi connectivity index (χ3v) is 3.85. The fraction of sp³-hybridized carbons (Fsp3) is 0.316.